The number of pyridine rings is 1. The Kier molecular flexibility index (Phi) is 3.33. The van der Waals surface area contributed by atoms with Gasteiger partial charge in [-0.15, -0.1) is 0 Å². The van der Waals surface area contributed by atoms with Crippen LogP contribution in [0.25, 0.3) is 0 Å². The Morgan fingerprint density at radius 1 is 1.64 bits per heavy atom. The Morgan fingerprint density at radius 3 is 3.09 bits per heavy atom. The van der Waals surface area contributed by atoms with E-state index in [1.165, 1.54) is 0 Å². The first kappa shape index (κ1) is 8.50. The minimum Gasteiger partial charge on any atom is -0.311 e. The van der Waals surface area contributed by atoms with Crippen molar-refractivity contribution >= 4 is 11.6 Å². The molecule has 3 heteroatoms. The molecule has 11 heavy (non-hydrogen) atoms. The molecule has 0 bridgehead atoms. The lowest BCUT2D eigenvalue weighted by Crippen LogP contribution is -2.12. The van der Waals surface area contributed by atoms with Gasteiger partial charge in [0.05, 0.1) is 10.7 Å². The molecule has 0 atom stereocenters. The number of hydrogen-bond acceptors (Lipinski definition) is 2. The van der Waals surface area contributed by atoms with Crippen LogP contribution in [-0.2, 0) is 6.54 Å². The van der Waals surface area contributed by atoms with Crippen LogP contribution >= 0.6 is 11.6 Å². The van der Waals surface area contributed by atoms with E-state index in [0.717, 1.165) is 23.8 Å². The average Bonchev–Trinajstić information content (AvgIpc) is 2.03. The first-order chi connectivity index (χ1) is 5.34. The molecular weight excluding hydrogens is 160 g/mol. The second-order valence-electron chi connectivity index (χ2n) is 2.21. The minimum absolute atomic E-state index is 0.730. The monoisotopic (exact) mass is 170 g/mol. The number of aromatic nitrogens is 1. The first-order valence-electron chi connectivity index (χ1n) is 3.64. The molecule has 1 aromatic rings. The highest BCUT2D eigenvalue weighted by Crippen LogP contribution is 2.10. The van der Waals surface area contributed by atoms with Crippen molar-refractivity contribution in [2.24, 2.45) is 0 Å². The normalized spacial score (nSPS) is 10.0. The van der Waals surface area contributed by atoms with Crippen LogP contribution in [0.3, 0.4) is 0 Å². The van der Waals surface area contributed by atoms with E-state index in [2.05, 4.69) is 17.2 Å². The molecule has 0 aliphatic heterocycles. The Balaban J connectivity index is 2.62. The highest BCUT2D eigenvalue weighted by atomic mass is 35.5. The molecule has 0 aromatic carbocycles. The lowest BCUT2D eigenvalue weighted by Gasteiger charge is -2.01. The zero-order valence-corrected chi connectivity index (χ0v) is 7.23. The standard InChI is InChI=1S/C8H11ClN2/c1-2-10-6-8-7(9)4-3-5-11-8/h3-5,10H,2,6H2,1H3. The van der Waals surface area contributed by atoms with Crippen molar-refractivity contribution in [1.82, 2.24) is 10.3 Å². The molecule has 0 aliphatic rings. The molecule has 0 amide bonds. The zero-order valence-electron chi connectivity index (χ0n) is 6.47. The molecule has 0 unspecified atom stereocenters. The van der Waals surface area contributed by atoms with E-state index in [-0.39, 0.29) is 0 Å². The first-order valence-corrected chi connectivity index (χ1v) is 4.02. The van der Waals surface area contributed by atoms with E-state index in [9.17, 15) is 0 Å². The fourth-order valence-electron chi connectivity index (χ4n) is 0.792. The Hall–Kier alpha value is -0.600. The molecule has 2 nitrogen and oxygen atoms in total. The maximum absolute atomic E-state index is 5.86. The van der Waals surface area contributed by atoms with Crippen LogP contribution < -0.4 is 5.32 Å². The van der Waals surface area contributed by atoms with Gasteiger partial charge in [0.25, 0.3) is 0 Å². The second-order valence-corrected chi connectivity index (χ2v) is 2.62. The fourth-order valence-corrected chi connectivity index (χ4v) is 0.980. The molecule has 60 valence electrons. The number of nitrogens with one attached hydrogen (secondary N) is 1. The van der Waals surface area contributed by atoms with E-state index in [1.807, 2.05) is 12.1 Å². The van der Waals surface area contributed by atoms with Gasteiger partial charge in [0.1, 0.15) is 0 Å². The summed E-state index contributed by atoms with van der Waals surface area (Å²) in [7, 11) is 0. The van der Waals surface area contributed by atoms with Crippen LogP contribution in [-0.4, -0.2) is 11.5 Å². The van der Waals surface area contributed by atoms with Gasteiger partial charge in [0.2, 0.25) is 0 Å². The SMILES string of the molecule is CCNCc1ncccc1Cl. The predicted octanol–water partition coefficient (Wildman–Crippen LogP) is 1.84. The maximum atomic E-state index is 5.86. The molecule has 1 heterocycles. The molecule has 0 aliphatic carbocycles. The largest absolute Gasteiger partial charge is 0.311 e. The van der Waals surface area contributed by atoms with Gasteiger partial charge >= 0.3 is 0 Å². The van der Waals surface area contributed by atoms with Gasteiger partial charge < -0.3 is 5.32 Å². The summed E-state index contributed by atoms with van der Waals surface area (Å²) >= 11 is 5.86. The number of nitrogens with zero attached hydrogens (tertiary/aromatic N) is 1. The minimum atomic E-state index is 0.730. The van der Waals surface area contributed by atoms with Gasteiger partial charge in [0.15, 0.2) is 0 Å². The Labute approximate surface area is 71.6 Å². The van der Waals surface area contributed by atoms with Crippen molar-refractivity contribution < 1.29 is 0 Å². The van der Waals surface area contributed by atoms with Gasteiger partial charge in [-0.3, -0.25) is 4.98 Å². The second kappa shape index (κ2) is 4.31. The summed E-state index contributed by atoms with van der Waals surface area (Å²) in [6.07, 6.45) is 1.75. The topological polar surface area (TPSA) is 24.9 Å². The number of hydrogen-bond donors (Lipinski definition) is 1. The van der Waals surface area contributed by atoms with Crippen molar-refractivity contribution in [2.45, 2.75) is 13.5 Å². The molecule has 1 aromatic heterocycles. The van der Waals surface area contributed by atoms with Gasteiger partial charge in [-0.25, -0.2) is 0 Å². The molecular formula is C8H11ClN2. The van der Waals surface area contributed by atoms with Crippen LogP contribution in [0.5, 0.6) is 0 Å². The van der Waals surface area contributed by atoms with Crippen LogP contribution in [0.2, 0.25) is 5.02 Å². The van der Waals surface area contributed by atoms with Crippen molar-refractivity contribution in [1.29, 1.82) is 0 Å². The lowest BCUT2D eigenvalue weighted by atomic mass is 10.3. The molecule has 1 N–H and O–H groups in total. The number of halogens is 1. The molecule has 0 radical (unpaired) electrons. The zero-order chi connectivity index (χ0) is 8.10. The highest BCUT2D eigenvalue weighted by Gasteiger charge is 1.97. The van der Waals surface area contributed by atoms with Crippen molar-refractivity contribution in [3.05, 3.63) is 29.0 Å². The summed E-state index contributed by atoms with van der Waals surface area (Å²) in [5, 5.41) is 3.89. The van der Waals surface area contributed by atoms with E-state index in [4.69, 9.17) is 11.6 Å². The molecule has 0 saturated heterocycles. The van der Waals surface area contributed by atoms with E-state index in [0.29, 0.717) is 0 Å². The number of rotatable bonds is 3. The van der Waals surface area contributed by atoms with Crippen LogP contribution in [0, 0.1) is 0 Å². The van der Waals surface area contributed by atoms with Gasteiger partial charge in [-0.2, -0.15) is 0 Å². The molecule has 0 spiro atoms. The summed E-state index contributed by atoms with van der Waals surface area (Å²) in [5.74, 6) is 0. The Bertz CT molecular complexity index is 225. The van der Waals surface area contributed by atoms with Crippen molar-refractivity contribution in [2.75, 3.05) is 6.54 Å². The van der Waals surface area contributed by atoms with Gasteiger partial charge in [-0.1, -0.05) is 18.5 Å². The van der Waals surface area contributed by atoms with Gasteiger partial charge in [-0.05, 0) is 18.7 Å². The molecule has 0 fully saturated rings. The van der Waals surface area contributed by atoms with Crippen molar-refractivity contribution in [3.8, 4) is 0 Å². The quantitative estimate of drug-likeness (QED) is 0.749. The summed E-state index contributed by atoms with van der Waals surface area (Å²) in [6.45, 7) is 3.74. The third-order valence-corrected chi connectivity index (χ3v) is 1.72. The van der Waals surface area contributed by atoms with Crippen molar-refractivity contribution in [3.63, 3.8) is 0 Å². The third kappa shape index (κ3) is 2.48. The van der Waals surface area contributed by atoms with E-state index in [1.54, 1.807) is 6.20 Å². The lowest BCUT2D eigenvalue weighted by molar-refractivity contribution is 0.711. The van der Waals surface area contributed by atoms with Crippen LogP contribution in [0.15, 0.2) is 18.3 Å². The van der Waals surface area contributed by atoms with E-state index >= 15 is 0 Å². The van der Waals surface area contributed by atoms with E-state index < -0.39 is 0 Å². The van der Waals surface area contributed by atoms with Gasteiger partial charge in [0, 0.05) is 12.7 Å². The summed E-state index contributed by atoms with van der Waals surface area (Å²) in [5.41, 5.74) is 0.913. The summed E-state index contributed by atoms with van der Waals surface area (Å²) < 4.78 is 0. The van der Waals surface area contributed by atoms with Crippen LogP contribution in [0.1, 0.15) is 12.6 Å². The Morgan fingerprint density at radius 2 is 2.45 bits per heavy atom. The fraction of sp³-hybridized carbons (Fsp3) is 0.375. The maximum Gasteiger partial charge on any atom is 0.0727 e. The predicted molar refractivity (Wildman–Crippen MR) is 46.6 cm³/mol. The van der Waals surface area contributed by atoms with Crippen LogP contribution in [0.4, 0.5) is 0 Å². The summed E-state index contributed by atoms with van der Waals surface area (Å²) in [4.78, 5) is 4.12. The molecule has 1 rings (SSSR count). The average molecular weight is 171 g/mol. The molecule has 0 saturated carbocycles. The third-order valence-electron chi connectivity index (χ3n) is 1.38. The smallest absolute Gasteiger partial charge is 0.0727 e. The summed E-state index contributed by atoms with van der Waals surface area (Å²) in [6, 6.07) is 3.68. The highest BCUT2D eigenvalue weighted by molar-refractivity contribution is 6.31.